The van der Waals surface area contributed by atoms with Crippen molar-refractivity contribution in [1.82, 2.24) is 20.0 Å². The van der Waals surface area contributed by atoms with E-state index in [4.69, 9.17) is 4.74 Å². The van der Waals surface area contributed by atoms with Crippen LogP contribution in [0.15, 0.2) is 42.7 Å². The SMILES string of the molecule is CC[C@H]1COCCN1C(=O)N[C@H](C)c1ccccc1-n1cccn1. The fourth-order valence-electron chi connectivity index (χ4n) is 3.08. The Labute approximate surface area is 142 Å². The van der Waals surface area contributed by atoms with Gasteiger partial charge in [0.2, 0.25) is 0 Å². The number of carbonyl (C=O) groups is 1. The fraction of sp³-hybridized carbons (Fsp3) is 0.444. The number of nitrogens with one attached hydrogen (secondary N) is 1. The topological polar surface area (TPSA) is 59.4 Å². The molecular formula is C18H24N4O2. The molecule has 24 heavy (non-hydrogen) atoms. The third-order valence-electron chi connectivity index (χ3n) is 4.45. The maximum Gasteiger partial charge on any atom is 0.318 e. The minimum absolute atomic E-state index is 0.0343. The minimum atomic E-state index is -0.113. The number of urea groups is 1. The van der Waals surface area contributed by atoms with Crippen molar-refractivity contribution < 1.29 is 9.53 Å². The lowest BCUT2D eigenvalue weighted by molar-refractivity contribution is 0.0108. The van der Waals surface area contributed by atoms with Crippen LogP contribution in [0.3, 0.4) is 0 Å². The number of hydrogen-bond donors (Lipinski definition) is 1. The van der Waals surface area contributed by atoms with Gasteiger partial charge in [0, 0.05) is 18.9 Å². The van der Waals surface area contributed by atoms with Gasteiger partial charge in [0.05, 0.1) is 31.0 Å². The number of benzene rings is 1. The first kappa shape index (κ1) is 16.5. The summed E-state index contributed by atoms with van der Waals surface area (Å²) < 4.78 is 7.30. The molecule has 2 heterocycles. The van der Waals surface area contributed by atoms with Crippen molar-refractivity contribution in [2.24, 2.45) is 0 Å². The molecule has 6 nitrogen and oxygen atoms in total. The molecule has 0 aliphatic carbocycles. The van der Waals surface area contributed by atoms with Crippen LogP contribution in [0.2, 0.25) is 0 Å². The van der Waals surface area contributed by atoms with Gasteiger partial charge in [0.25, 0.3) is 0 Å². The third kappa shape index (κ3) is 3.43. The highest BCUT2D eigenvalue weighted by molar-refractivity contribution is 5.75. The van der Waals surface area contributed by atoms with Crippen molar-refractivity contribution in [3.05, 3.63) is 48.3 Å². The van der Waals surface area contributed by atoms with Crippen LogP contribution in [0.5, 0.6) is 0 Å². The lowest BCUT2D eigenvalue weighted by Gasteiger charge is -2.36. The molecule has 1 aromatic carbocycles. The Balaban J connectivity index is 1.75. The summed E-state index contributed by atoms with van der Waals surface area (Å²) in [6, 6.07) is 9.88. The molecular weight excluding hydrogens is 304 g/mol. The Morgan fingerprint density at radius 3 is 3.00 bits per heavy atom. The smallest absolute Gasteiger partial charge is 0.318 e. The summed E-state index contributed by atoms with van der Waals surface area (Å²) in [6.45, 7) is 5.93. The van der Waals surface area contributed by atoms with Crippen LogP contribution in [0.4, 0.5) is 4.79 Å². The van der Waals surface area contributed by atoms with Crippen LogP contribution in [0.1, 0.15) is 31.9 Å². The van der Waals surface area contributed by atoms with Gasteiger partial charge in [-0.2, -0.15) is 5.10 Å². The summed E-state index contributed by atoms with van der Waals surface area (Å²) in [7, 11) is 0. The van der Waals surface area contributed by atoms with E-state index in [1.54, 1.807) is 6.20 Å². The third-order valence-corrected chi connectivity index (χ3v) is 4.45. The van der Waals surface area contributed by atoms with Gasteiger partial charge >= 0.3 is 6.03 Å². The van der Waals surface area contributed by atoms with Gasteiger partial charge in [-0.05, 0) is 31.0 Å². The highest BCUT2D eigenvalue weighted by Gasteiger charge is 2.27. The van der Waals surface area contributed by atoms with Gasteiger partial charge in [-0.25, -0.2) is 9.48 Å². The van der Waals surface area contributed by atoms with E-state index in [9.17, 15) is 4.79 Å². The molecule has 2 atom stereocenters. The van der Waals surface area contributed by atoms with E-state index in [-0.39, 0.29) is 18.1 Å². The van der Waals surface area contributed by atoms with Gasteiger partial charge in [-0.15, -0.1) is 0 Å². The average Bonchev–Trinajstić information content (AvgIpc) is 3.16. The first-order chi connectivity index (χ1) is 11.7. The molecule has 128 valence electrons. The zero-order valence-electron chi connectivity index (χ0n) is 14.2. The van der Waals surface area contributed by atoms with Crippen molar-refractivity contribution >= 4 is 6.03 Å². The van der Waals surface area contributed by atoms with E-state index < -0.39 is 0 Å². The molecule has 2 aromatic rings. The molecule has 0 unspecified atom stereocenters. The second-order valence-electron chi connectivity index (χ2n) is 6.01. The molecule has 1 saturated heterocycles. The van der Waals surface area contributed by atoms with Gasteiger partial charge in [0.1, 0.15) is 0 Å². The molecule has 1 aliphatic rings. The largest absolute Gasteiger partial charge is 0.377 e. The number of carbonyl (C=O) groups excluding carboxylic acids is 1. The maximum atomic E-state index is 12.7. The van der Waals surface area contributed by atoms with Gasteiger partial charge in [-0.3, -0.25) is 0 Å². The second-order valence-corrected chi connectivity index (χ2v) is 6.01. The monoisotopic (exact) mass is 328 g/mol. The summed E-state index contributed by atoms with van der Waals surface area (Å²) in [4.78, 5) is 14.6. The van der Waals surface area contributed by atoms with Crippen molar-refractivity contribution in [1.29, 1.82) is 0 Å². The van der Waals surface area contributed by atoms with E-state index in [0.29, 0.717) is 19.8 Å². The normalized spacial score (nSPS) is 19.1. The van der Waals surface area contributed by atoms with Crippen LogP contribution >= 0.6 is 0 Å². The average molecular weight is 328 g/mol. The van der Waals surface area contributed by atoms with Gasteiger partial charge in [-0.1, -0.05) is 25.1 Å². The number of ether oxygens (including phenoxy) is 1. The first-order valence-electron chi connectivity index (χ1n) is 8.44. The molecule has 0 bridgehead atoms. The zero-order valence-corrected chi connectivity index (χ0v) is 14.2. The number of rotatable bonds is 4. The molecule has 1 aromatic heterocycles. The molecule has 1 N–H and O–H groups in total. The summed E-state index contributed by atoms with van der Waals surface area (Å²) in [5.41, 5.74) is 2.01. The van der Waals surface area contributed by atoms with Crippen LogP contribution in [0, 0.1) is 0 Å². The van der Waals surface area contributed by atoms with Crippen LogP contribution in [-0.2, 0) is 4.74 Å². The summed E-state index contributed by atoms with van der Waals surface area (Å²) in [5, 5.41) is 7.42. The van der Waals surface area contributed by atoms with E-state index in [1.807, 2.05) is 53.0 Å². The summed E-state index contributed by atoms with van der Waals surface area (Å²) in [5.74, 6) is 0. The molecule has 0 spiro atoms. The van der Waals surface area contributed by atoms with Gasteiger partial charge in [0.15, 0.2) is 0 Å². The quantitative estimate of drug-likeness (QED) is 0.939. The molecule has 2 amide bonds. The zero-order chi connectivity index (χ0) is 16.9. The Morgan fingerprint density at radius 2 is 2.25 bits per heavy atom. The van der Waals surface area contributed by atoms with Crippen molar-refractivity contribution in [2.75, 3.05) is 19.8 Å². The highest BCUT2D eigenvalue weighted by Crippen LogP contribution is 2.21. The Kier molecular flexibility index (Phi) is 5.15. The van der Waals surface area contributed by atoms with E-state index in [2.05, 4.69) is 17.3 Å². The fourth-order valence-corrected chi connectivity index (χ4v) is 3.08. The Hall–Kier alpha value is -2.34. The Bertz CT molecular complexity index is 671. The van der Waals surface area contributed by atoms with E-state index >= 15 is 0 Å². The van der Waals surface area contributed by atoms with Crippen LogP contribution in [-0.4, -0.2) is 46.5 Å². The maximum absolute atomic E-state index is 12.7. The van der Waals surface area contributed by atoms with E-state index in [1.165, 1.54) is 0 Å². The van der Waals surface area contributed by atoms with Crippen molar-refractivity contribution in [3.8, 4) is 5.69 Å². The molecule has 0 radical (unpaired) electrons. The highest BCUT2D eigenvalue weighted by atomic mass is 16.5. The van der Waals surface area contributed by atoms with Crippen LogP contribution < -0.4 is 5.32 Å². The number of hydrogen-bond acceptors (Lipinski definition) is 3. The Morgan fingerprint density at radius 1 is 1.42 bits per heavy atom. The van der Waals surface area contributed by atoms with E-state index in [0.717, 1.165) is 17.7 Å². The number of morpholine rings is 1. The summed E-state index contributed by atoms with van der Waals surface area (Å²) in [6.07, 6.45) is 4.55. The lowest BCUT2D eigenvalue weighted by Crippen LogP contribution is -2.52. The summed E-state index contributed by atoms with van der Waals surface area (Å²) >= 11 is 0. The van der Waals surface area contributed by atoms with Gasteiger partial charge < -0.3 is 15.0 Å². The first-order valence-corrected chi connectivity index (χ1v) is 8.44. The number of nitrogens with zero attached hydrogens (tertiary/aromatic N) is 3. The molecule has 6 heteroatoms. The van der Waals surface area contributed by atoms with Crippen LogP contribution in [0.25, 0.3) is 5.69 Å². The molecule has 1 aliphatic heterocycles. The number of amides is 2. The predicted octanol–water partition coefficient (Wildman–Crippen LogP) is 2.75. The second kappa shape index (κ2) is 7.49. The number of para-hydroxylation sites is 1. The van der Waals surface area contributed by atoms with Crippen molar-refractivity contribution in [3.63, 3.8) is 0 Å². The molecule has 1 fully saturated rings. The molecule has 3 rings (SSSR count). The van der Waals surface area contributed by atoms with Crippen molar-refractivity contribution in [2.45, 2.75) is 32.4 Å². The predicted molar refractivity (Wildman–Crippen MR) is 92.1 cm³/mol. The molecule has 0 saturated carbocycles. The standard InChI is InChI=1S/C18H24N4O2/c1-3-15-13-24-12-11-21(15)18(23)20-14(2)16-7-4-5-8-17(16)22-10-6-9-19-22/h4-10,14-15H,3,11-13H2,1-2H3,(H,20,23)/t14-,15+/m1/s1. The minimum Gasteiger partial charge on any atom is -0.377 e. The number of aromatic nitrogens is 2. The lowest BCUT2D eigenvalue weighted by atomic mass is 10.1.